The van der Waals surface area contributed by atoms with Crippen LogP contribution in [0.2, 0.25) is 0 Å². The average molecular weight is 405 g/mol. The molecule has 29 heavy (non-hydrogen) atoms. The Balaban J connectivity index is 1.34. The minimum Gasteiger partial charge on any atom is -0.493 e. The van der Waals surface area contributed by atoms with Gasteiger partial charge in [-0.25, -0.2) is 4.79 Å². The van der Waals surface area contributed by atoms with Gasteiger partial charge in [-0.1, -0.05) is 6.07 Å². The Hall–Kier alpha value is -1.99. The van der Waals surface area contributed by atoms with Gasteiger partial charge < -0.3 is 23.8 Å². The molecule has 1 aliphatic carbocycles. The normalized spacial score (nSPS) is 23.8. The molecular weight excluding hydrogens is 372 g/mol. The van der Waals surface area contributed by atoms with E-state index >= 15 is 0 Å². The topological polar surface area (TPSA) is 60.5 Å². The summed E-state index contributed by atoms with van der Waals surface area (Å²) in [7, 11) is 1.66. The van der Waals surface area contributed by atoms with Crippen LogP contribution in [0.4, 0.5) is 4.79 Å². The Morgan fingerprint density at radius 1 is 1.03 bits per heavy atom. The number of ether oxygens (including phenoxy) is 4. The predicted molar refractivity (Wildman–Crippen MR) is 109 cm³/mol. The van der Waals surface area contributed by atoms with E-state index in [1.165, 1.54) is 12.8 Å². The van der Waals surface area contributed by atoms with Gasteiger partial charge in [-0.2, -0.15) is 0 Å². The molecule has 2 heterocycles. The van der Waals surface area contributed by atoms with Gasteiger partial charge in [0.25, 0.3) is 0 Å². The van der Waals surface area contributed by atoms with Gasteiger partial charge in [0, 0.05) is 39.1 Å². The van der Waals surface area contributed by atoms with Crippen LogP contribution in [0, 0.1) is 0 Å². The highest BCUT2D eigenvalue weighted by molar-refractivity contribution is 5.69. The molecule has 3 fully saturated rings. The van der Waals surface area contributed by atoms with E-state index in [2.05, 4.69) is 4.90 Å². The third kappa shape index (κ3) is 5.14. The Bertz CT molecular complexity index is 686. The number of carbonyl (C=O) groups excluding carboxylic acids is 1. The van der Waals surface area contributed by atoms with Crippen LogP contribution in [0.1, 0.15) is 43.8 Å². The van der Waals surface area contributed by atoms with E-state index in [9.17, 15) is 4.79 Å². The van der Waals surface area contributed by atoms with Crippen molar-refractivity contribution >= 4 is 6.09 Å². The van der Waals surface area contributed by atoms with Crippen molar-refractivity contribution in [3.05, 3.63) is 23.8 Å². The molecule has 7 heteroatoms. The van der Waals surface area contributed by atoms with Crippen molar-refractivity contribution in [2.45, 2.75) is 44.3 Å². The number of cyclic esters (lactones) is 1. The van der Waals surface area contributed by atoms with Gasteiger partial charge in [-0.3, -0.25) is 4.90 Å². The first-order chi connectivity index (χ1) is 14.2. The minimum absolute atomic E-state index is 0.233. The fraction of sp³-hybridized carbons (Fsp3) is 0.682. The monoisotopic (exact) mass is 404 g/mol. The largest absolute Gasteiger partial charge is 0.493 e. The maximum absolute atomic E-state index is 12.5. The fourth-order valence-electron chi connectivity index (χ4n) is 4.32. The van der Waals surface area contributed by atoms with Crippen LogP contribution in [-0.4, -0.2) is 75.0 Å². The van der Waals surface area contributed by atoms with E-state index in [0.717, 1.165) is 69.2 Å². The molecular formula is C22H32N2O5. The maximum atomic E-state index is 12.5. The highest BCUT2D eigenvalue weighted by atomic mass is 16.6. The second-order valence-electron chi connectivity index (χ2n) is 8.04. The van der Waals surface area contributed by atoms with Crippen LogP contribution in [0.3, 0.4) is 0 Å². The smallest absolute Gasteiger partial charge is 0.410 e. The standard InChI is InChI=1S/C22H32N2O5/c1-26-20-7-6-17(16-21(20)28-18-4-2-3-5-18)19-8-9-24(22(25)29-19)11-10-23-12-14-27-15-13-23/h6-7,16,18-19H,2-5,8-15H2,1H3. The molecule has 160 valence electrons. The van der Waals surface area contributed by atoms with E-state index < -0.39 is 0 Å². The number of hydrogen-bond acceptors (Lipinski definition) is 6. The third-order valence-electron chi connectivity index (χ3n) is 6.11. The van der Waals surface area contributed by atoms with Crippen molar-refractivity contribution in [2.24, 2.45) is 0 Å². The lowest BCUT2D eigenvalue weighted by Gasteiger charge is -2.34. The summed E-state index contributed by atoms with van der Waals surface area (Å²) in [6, 6.07) is 5.87. The van der Waals surface area contributed by atoms with Crippen molar-refractivity contribution < 1.29 is 23.7 Å². The molecule has 2 saturated heterocycles. The molecule has 0 spiro atoms. The molecule has 7 nitrogen and oxygen atoms in total. The lowest BCUT2D eigenvalue weighted by atomic mass is 10.0. The average Bonchev–Trinajstić information content (AvgIpc) is 3.26. The van der Waals surface area contributed by atoms with Crippen LogP contribution in [0.5, 0.6) is 11.5 Å². The summed E-state index contributed by atoms with van der Waals surface area (Å²) in [5.41, 5.74) is 0.972. The van der Waals surface area contributed by atoms with Crippen LogP contribution in [0.25, 0.3) is 0 Å². The Kier molecular flexibility index (Phi) is 6.77. The van der Waals surface area contributed by atoms with E-state index in [-0.39, 0.29) is 18.3 Å². The van der Waals surface area contributed by atoms with Crippen LogP contribution in [-0.2, 0) is 9.47 Å². The first kappa shape index (κ1) is 20.3. The number of carbonyl (C=O) groups is 1. The summed E-state index contributed by atoms with van der Waals surface area (Å²) >= 11 is 0. The summed E-state index contributed by atoms with van der Waals surface area (Å²) < 4.78 is 22.8. The molecule has 1 amide bonds. The SMILES string of the molecule is COc1ccc(C2CCN(CCN3CCOCC3)C(=O)O2)cc1OC1CCCC1. The first-order valence-corrected chi connectivity index (χ1v) is 10.8. The lowest BCUT2D eigenvalue weighted by Crippen LogP contribution is -2.45. The van der Waals surface area contributed by atoms with E-state index in [4.69, 9.17) is 18.9 Å². The number of nitrogens with zero attached hydrogens (tertiary/aromatic N) is 2. The summed E-state index contributed by atoms with van der Waals surface area (Å²) in [6.45, 7) is 5.68. The molecule has 0 N–H and O–H groups in total. The van der Waals surface area contributed by atoms with Crippen molar-refractivity contribution in [3.63, 3.8) is 0 Å². The molecule has 1 aromatic carbocycles. The summed E-state index contributed by atoms with van der Waals surface area (Å²) in [4.78, 5) is 16.7. The lowest BCUT2D eigenvalue weighted by molar-refractivity contribution is 0.0101. The molecule has 3 aliphatic rings. The Morgan fingerprint density at radius 3 is 2.55 bits per heavy atom. The summed E-state index contributed by atoms with van der Waals surface area (Å²) in [5.74, 6) is 1.48. The highest BCUT2D eigenvalue weighted by Gasteiger charge is 2.29. The molecule has 0 radical (unpaired) electrons. The number of hydrogen-bond donors (Lipinski definition) is 0. The highest BCUT2D eigenvalue weighted by Crippen LogP contribution is 2.36. The second-order valence-corrected chi connectivity index (χ2v) is 8.04. The number of benzene rings is 1. The quantitative estimate of drug-likeness (QED) is 0.695. The predicted octanol–water partition coefficient (Wildman–Crippen LogP) is 3.23. The van der Waals surface area contributed by atoms with Gasteiger partial charge in [-0.05, 0) is 43.4 Å². The van der Waals surface area contributed by atoms with Gasteiger partial charge in [0.1, 0.15) is 6.10 Å². The number of rotatable bonds is 7. The minimum atomic E-state index is -0.237. The molecule has 1 saturated carbocycles. The third-order valence-corrected chi connectivity index (χ3v) is 6.11. The van der Waals surface area contributed by atoms with Crippen LogP contribution >= 0.6 is 0 Å². The first-order valence-electron chi connectivity index (χ1n) is 10.8. The van der Waals surface area contributed by atoms with Crippen LogP contribution in [0.15, 0.2) is 18.2 Å². The molecule has 1 aromatic rings. The summed E-state index contributed by atoms with van der Waals surface area (Å²) in [5, 5.41) is 0. The van der Waals surface area contributed by atoms with Gasteiger partial charge >= 0.3 is 6.09 Å². The zero-order valence-corrected chi connectivity index (χ0v) is 17.3. The molecule has 1 unspecified atom stereocenters. The second kappa shape index (κ2) is 9.67. The van der Waals surface area contributed by atoms with E-state index in [0.29, 0.717) is 13.1 Å². The fourth-order valence-corrected chi connectivity index (χ4v) is 4.32. The molecule has 0 bridgehead atoms. The van der Waals surface area contributed by atoms with Gasteiger partial charge in [-0.15, -0.1) is 0 Å². The van der Waals surface area contributed by atoms with Gasteiger partial charge in [0.05, 0.1) is 26.4 Å². The van der Waals surface area contributed by atoms with Gasteiger partial charge in [0.2, 0.25) is 0 Å². The Labute approximate surface area is 172 Å². The van der Waals surface area contributed by atoms with E-state index in [1.807, 2.05) is 23.1 Å². The number of morpholine rings is 1. The van der Waals surface area contributed by atoms with Crippen LogP contribution < -0.4 is 9.47 Å². The van der Waals surface area contributed by atoms with Gasteiger partial charge in [0.15, 0.2) is 11.5 Å². The van der Waals surface area contributed by atoms with E-state index in [1.54, 1.807) is 7.11 Å². The zero-order chi connectivity index (χ0) is 20.1. The number of methoxy groups -OCH3 is 1. The molecule has 2 aliphatic heterocycles. The Morgan fingerprint density at radius 2 is 1.83 bits per heavy atom. The van der Waals surface area contributed by atoms with Crippen molar-refractivity contribution in [1.82, 2.24) is 9.80 Å². The summed E-state index contributed by atoms with van der Waals surface area (Å²) in [6.07, 6.45) is 5.17. The molecule has 0 aromatic heterocycles. The van der Waals surface area contributed by atoms with Crippen molar-refractivity contribution in [2.75, 3.05) is 53.0 Å². The molecule has 4 rings (SSSR count). The maximum Gasteiger partial charge on any atom is 0.410 e. The van der Waals surface area contributed by atoms with Crippen molar-refractivity contribution in [3.8, 4) is 11.5 Å². The number of amides is 1. The molecule has 1 atom stereocenters. The zero-order valence-electron chi connectivity index (χ0n) is 17.3. The van der Waals surface area contributed by atoms with Crippen molar-refractivity contribution in [1.29, 1.82) is 0 Å².